The van der Waals surface area contributed by atoms with Gasteiger partial charge in [0, 0.05) is 0 Å². The Balaban J connectivity index is 3.08. The van der Waals surface area contributed by atoms with Crippen LogP contribution in [0.4, 0.5) is 0 Å². The average Bonchev–Trinajstić information content (AvgIpc) is 2.95. The maximum absolute atomic E-state index is 13.3. The third kappa shape index (κ3) is 8.95. The Hall–Kier alpha value is -0.420. The molecule has 0 fully saturated rings. The standard InChI is InChI=1S/C14H10O22S12/c15-13(1-3(39(17)18)7(43(25)26)11(47(33)34)8(44(27)28)4(1)40(19)20)37-38-14(16)2-5(41(21)22)9(45(29)30)12(48(35)36)10(46(31)32)6(2)42(23)24/h(H,17,18)(H,19,20)(H,21,22)(H,23,24)(H,25,26)(H,27,28)(H,29,30)(H,31,32)(H,33,34)(H,35,36). The average molecular weight is 915 g/mol. The van der Waals surface area contributed by atoms with Crippen molar-refractivity contribution >= 4 is 143 Å². The fourth-order valence-corrected chi connectivity index (χ4v) is 15.0. The quantitative estimate of drug-likeness (QED) is 0.0978. The highest BCUT2D eigenvalue weighted by Crippen LogP contribution is 2.44. The monoisotopic (exact) mass is 914 g/mol. The molecule has 0 aliphatic rings. The van der Waals surface area contributed by atoms with E-state index in [9.17, 15) is 97.2 Å². The van der Waals surface area contributed by atoms with Crippen LogP contribution in [0.25, 0.3) is 0 Å². The van der Waals surface area contributed by atoms with Gasteiger partial charge in [0.2, 0.25) is 10.2 Å². The first kappa shape index (κ1) is 43.7. The predicted molar refractivity (Wildman–Crippen MR) is 167 cm³/mol. The van der Waals surface area contributed by atoms with Gasteiger partial charge in [0.1, 0.15) is 29.4 Å². The van der Waals surface area contributed by atoms with E-state index in [1.807, 2.05) is 0 Å². The van der Waals surface area contributed by atoms with Crippen LogP contribution in [0.1, 0.15) is 20.7 Å². The van der Waals surface area contributed by atoms with Crippen molar-refractivity contribution < 1.29 is 97.2 Å². The molecule has 0 aliphatic carbocycles. The number of rotatable bonds is 12. The van der Waals surface area contributed by atoms with E-state index < -0.39 is 203 Å². The van der Waals surface area contributed by atoms with Crippen molar-refractivity contribution in [1.82, 2.24) is 0 Å². The number of hydrogen-bond donors (Lipinski definition) is 10. The van der Waals surface area contributed by atoms with E-state index in [2.05, 4.69) is 0 Å². The van der Waals surface area contributed by atoms with Crippen molar-refractivity contribution in [3.8, 4) is 0 Å². The number of carbonyl (C=O) groups excluding carboxylic acids is 2. The van der Waals surface area contributed by atoms with Crippen LogP contribution in [0, 0.1) is 0 Å². The molecule has 0 saturated carbocycles. The maximum atomic E-state index is 13.3. The normalized spacial score (nSPS) is 18.1. The minimum atomic E-state index is -3.74. The van der Waals surface area contributed by atoms with Crippen molar-refractivity contribution in [1.29, 1.82) is 0 Å². The Morgan fingerprint density at radius 2 is 0.417 bits per heavy atom. The summed E-state index contributed by atoms with van der Waals surface area (Å²) in [6, 6.07) is 0. The molecule has 2 aromatic carbocycles. The first-order chi connectivity index (χ1) is 22.0. The van der Waals surface area contributed by atoms with Crippen LogP contribution in [0.5, 0.6) is 0 Å². The van der Waals surface area contributed by atoms with Gasteiger partial charge in [0.05, 0.1) is 30.7 Å². The van der Waals surface area contributed by atoms with Gasteiger partial charge in [-0.05, 0) is 21.6 Å². The molecular formula is C14H10O22S12. The SMILES string of the molecule is O=C(SSC(=O)c1c(S(=O)O)c(S(=O)O)c(S(=O)O)c(S(=O)O)c1S(=O)O)c1c(S(=O)O)c(S(=O)O)c(S(=O)O)c(S(=O)O)c1S(=O)O. The molecule has 10 unspecified atom stereocenters. The van der Waals surface area contributed by atoms with Crippen molar-refractivity contribution in [3.05, 3.63) is 11.1 Å². The number of carbonyl (C=O) groups is 2. The fraction of sp³-hybridized carbons (Fsp3) is 0. The smallest absolute Gasteiger partial charge is 0.233 e. The lowest BCUT2D eigenvalue weighted by atomic mass is 10.2. The lowest BCUT2D eigenvalue weighted by Gasteiger charge is -2.19. The zero-order chi connectivity index (χ0) is 37.3. The highest BCUT2D eigenvalue weighted by molar-refractivity contribution is 8.87. The summed E-state index contributed by atoms with van der Waals surface area (Å²) < 4.78 is 219. The summed E-state index contributed by atoms with van der Waals surface area (Å²) in [6.45, 7) is 0. The zero-order valence-corrected chi connectivity index (χ0v) is 31.1. The molecule has 0 saturated heterocycles. The predicted octanol–water partition coefficient (Wildman–Crippen LogP) is -0.145. The summed E-state index contributed by atoms with van der Waals surface area (Å²) >= 11 is -37.0. The van der Waals surface area contributed by atoms with E-state index in [1.54, 1.807) is 0 Å². The van der Waals surface area contributed by atoms with Gasteiger partial charge >= 0.3 is 0 Å². The largest absolute Gasteiger partial charge is 0.302 e. The first-order valence-electron chi connectivity index (χ1n) is 10.0. The molecule has 0 radical (unpaired) electrons. The second kappa shape index (κ2) is 17.9. The van der Waals surface area contributed by atoms with E-state index in [0.29, 0.717) is 0 Å². The Labute approximate surface area is 297 Å². The van der Waals surface area contributed by atoms with Gasteiger partial charge in [0.15, 0.2) is 111 Å². The molecule has 0 aliphatic heterocycles. The fourth-order valence-electron chi connectivity index (χ4n) is 3.43. The van der Waals surface area contributed by atoms with Crippen molar-refractivity contribution in [2.75, 3.05) is 0 Å². The molecular weight excluding hydrogens is 905 g/mol. The third-order valence-electron chi connectivity index (χ3n) is 4.91. The van der Waals surface area contributed by atoms with E-state index in [4.69, 9.17) is 0 Å². The molecule has 22 nitrogen and oxygen atoms in total. The van der Waals surface area contributed by atoms with Crippen molar-refractivity contribution in [3.63, 3.8) is 0 Å². The molecule has 34 heteroatoms. The highest BCUT2D eigenvalue weighted by Gasteiger charge is 2.41. The van der Waals surface area contributed by atoms with Gasteiger partial charge < -0.3 is 45.5 Å². The summed E-state index contributed by atoms with van der Waals surface area (Å²) in [5.74, 6) is 0. The molecule has 10 atom stereocenters. The maximum Gasteiger partial charge on any atom is 0.233 e. The Bertz CT molecular complexity index is 1750. The molecule has 0 spiro atoms. The summed E-state index contributed by atoms with van der Waals surface area (Å²) in [6.07, 6.45) is 0. The first-order valence-corrected chi connectivity index (χ1v) is 23.2. The van der Waals surface area contributed by atoms with Crippen LogP contribution >= 0.6 is 21.6 Å². The number of benzene rings is 2. The van der Waals surface area contributed by atoms with Gasteiger partial charge in [-0.3, -0.25) is 9.59 Å². The lowest BCUT2D eigenvalue weighted by molar-refractivity contribution is 0.107. The van der Waals surface area contributed by atoms with E-state index >= 15 is 0 Å². The van der Waals surface area contributed by atoms with Gasteiger partial charge in [-0.15, -0.1) is 0 Å². The summed E-state index contributed by atoms with van der Waals surface area (Å²) in [5.41, 5.74) is -3.33. The molecule has 2 aromatic rings. The molecule has 48 heavy (non-hydrogen) atoms. The van der Waals surface area contributed by atoms with Crippen LogP contribution in [0.15, 0.2) is 49.0 Å². The van der Waals surface area contributed by atoms with Crippen LogP contribution in [-0.2, 0) is 111 Å². The van der Waals surface area contributed by atoms with Crippen LogP contribution < -0.4 is 0 Å². The minimum absolute atomic E-state index is 0.579. The van der Waals surface area contributed by atoms with E-state index in [0.717, 1.165) is 0 Å². The molecule has 10 N–H and O–H groups in total. The Morgan fingerprint density at radius 1 is 0.292 bits per heavy atom. The zero-order valence-electron chi connectivity index (χ0n) is 21.3. The minimum Gasteiger partial charge on any atom is -0.302 e. The third-order valence-corrected chi connectivity index (χ3v) is 15.5. The summed E-state index contributed by atoms with van der Waals surface area (Å²) in [5, 5.41) is -3.89. The molecule has 0 amide bonds. The molecule has 0 bridgehead atoms. The number of hydrogen-bond acceptors (Lipinski definition) is 14. The molecule has 270 valence electrons. The van der Waals surface area contributed by atoms with Crippen molar-refractivity contribution in [2.45, 2.75) is 49.0 Å². The van der Waals surface area contributed by atoms with Gasteiger partial charge in [-0.25, -0.2) is 42.1 Å². The Morgan fingerprint density at radius 3 is 0.542 bits per heavy atom. The molecule has 2 rings (SSSR count). The van der Waals surface area contributed by atoms with Crippen LogP contribution in [0.2, 0.25) is 0 Å². The van der Waals surface area contributed by atoms with Gasteiger partial charge in [0.25, 0.3) is 0 Å². The highest BCUT2D eigenvalue weighted by atomic mass is 33.1. The summed E-state index contributed by atoms with van der Waals surface area (Å²) in [4.78, 5) is 10.1. The van der Waals surface area contributed by atoms with E-state index in [-0.39, 0.29) is 0 Å². The van der Waals surface area contributed by atoms with Gasteiger partial charge in [-0.1, -0.05) is 0 Å². The molecule has 0 heterocycles. The van der Waals surface area contributed by atoms with E-state index in [1.165, 1.54) is 0 Å². The molecule has 0 aromatic heterocycles. The second-order valence-corrected chi connectivity index (χ2v) is 18.4. The summed E-state index contributed by atoms with van der Waals surface area (Å²) in [7, 11) is -1.16. The van der Waals surface area contributed by atoms with Crippen molar-refractivity contribution in [2.24, 2.45) is 0 Å². The lowest BCUT2D eigenvalue weighted by Crippen LogP contribution is -2.19. The van der Waals surface area contributed by atoms with Crippen LogP contribution in [0.3, 0.4) is 0 Å². The Kier molecular flexibility index (Phi) is 16.3. The second-order valence-electron chi connectivity index (χ2n) is 7.27. The van der Waals surface area contributed by atoms with Crippen LogP contribution in [-0.4, -0.2) is 97.8 Å². The topological polar surface area (TPSA) is 407 Å². The van der Waals surface area contributed by atoms with Gasteiger partial charge in [-0.2, -0.15) is 0 Å².